The van der Waals surface area contributed by atoms with E-state index < -0.39 is 5.60 Å². The first-order valence-electron chi connectivity index (χ1n) is 5.92. The molecule has 1 aromatic rings. The number of aliphatic hydroxyl groups is 1. The highest BCUT2D eigenvalue weighted by molar-refractivity contribution is 4.91. The third kappa shape index (κ3) is 2.41. The lowest BCUT2D eigenvalue weighted by Gasteiger charge is -2.36. The summed E-state index contributed by atoms with van der Waals surface area (Å²) in [6.07, 6.45) is 4.54. The molecule has 0 bridgehead atoms. The van der Waals surface area contributed by atoms with Crippen molar-refractivity contribution in [3.8, 4) is 0 Å². The lowest BCUT2D eigenvalue weighted by molar-refractivity contribution is -0.0316. The minimum Gasteiger partial charge on any atom is -0.389 e. The van der Waals surface area contributed by atoms with Crippen molar-refractivity contribution >= 4 is 0 Å². The second-order valence-corrected chi connectivity index (χ2v) is 4.90. The van der Waals surface area contributed by atoms with Crippen molar-refractivity contribution in [3.05, 3.63) is 12.2 Å². The van der Waals surface area contributed by atoms with Gasteiger partial charge in [-0.1, -0.05) is 0 Å². The number of nitrogens with zero attached hydrogens (tertiary/aromatic N) is 3. The van der Waals surface area contributed by atoms with E-state index in [4.69, 9.17) is 0 Å². The van der Waals surface area contributed by atoms with Gasteiger partial charge in [-0.05, 0) is 33.1 Å². The summed E-state index contributed by atoms with van der Waals surface area (Å²) in [5.41, 5.74) is -0.470. The molecular formula is C11H20N4O. The number of hydrogen-bond donors (Lipinski definition) is 2. The van der Waals surface area contributed by atoms with E-state index in [0.717, 1.165) is 25.1 Å². The largest absolute Gasteiger partial charge is 0.389 e. The molecule has 0 radical (unpaired) electrons. The van der Waals surface area contributed by atoms with Crippen LogP contribution in [-0.2, 0) is 6.54 Å². The van der Waals surface area contributed by atoms with E-state index in [1.807, 2.05) is 4.68 Å². The molecular weight excluding hydrogens is 204 g/mol. The molecule has 1 fully saturated rings. The summed E-state index contributed by atoms with van der Waals surface area (Å²) in [6, 6.07) is 0.325. The normalized spacial score (nSPS) is 18.8. The summed E-state index contributed by atoms with van der Waals surface area (Å²) in [7, 11) is 0. The first kappa shape index (κ1) is 11.5. The zero-order valence-electron chi connectivity index (χ0n) is 9.98. The van der Waals surface area contributed by atoms with E-state index >= 15 is 0 Å². The van der Waals surface area contributed by atoms with Crippen molar-refractivity contribution in [1.29, 1.82) is 0 Å². The van der Waals surface area contributed by atoms with Crippen LogP contribution in [0.3, 0.4) is 0 Å². The summed E-state index contributed by atoms with van der Waals surface area (Å²) >= 11 is 0. The molecule has 2 N–H and O–H groups in total. The summed E-state index contributed by atoms with van der Waals surface area (Å²) in [5.74, 6) is 0.929. The Kier molecular flexibility index (Phi) is 3.25. The van der Waals surface area contributed by atoms with Crippen LogP contribution in [0.15, 0.2) is 6.33 Å². The van der Waals surface area contributed by atoms with Crippen LogP contribution >= 0.6 is 0 Å². The molecule has 5 nitrogen and oxygen atoms in total. The van der Waals surface area contributed by atoms with Gasteiger partial charge in [-0.25, -0.2) is 9.67 Å². The van der Waals surface area contributed by atoms with Gasteiger partial charge in [-0.2, -0.15) is 5.10 Å². The van der Waals surface area contributed by atoms with Crippen LogP contribution in [0.1, 0.15) is 45.0 Å². The lowest BCUT2D eigenvalue weighted by atomic mass is 9.80. The summed E-state index contributed by atoms with van der Waals surface area (Å²) in [5, 5.41) is 17.3. The molecule has 90 valence electrons. The molecule has 2 rings (SSSR count). The Morgan fingerprint density at radius 1 is 1.56 bits per heavy atom. The van der Waals surface area contributed by atoms with E-state index in [9.17, 15) is 5.11 Å². The van der Waals surface area contributed by atoms with Gasteiger partial charge in [0.25, 0.3) is 0 Å². The van der Waals surface area contributed by atoms with Crippen LogP contribution in [0.4, 0.5) is 0 Å². The molecule has 1 aliphatic carbocycles. The zero-order valence-corrected chi connectivity index (χ0v) is 9.98. The van der Waals surface area contributed by atoms with E-state index in [-0.39, 0.29) is 0 Å². The average Bonchev–Trinajstić information content (AvgIpc) is 2.63. The van der Waals surface area contributed by atoms with Crippen LogP contribution in [0, 0.1) is 0 Å². The number of nitrogens with one attached hydrogen (secondary N) is 1. The minimum atomic E-state index is -0.470. The second kappa shape index (κ2) is 4.51. The van der Waals surface area contributed by atoms with Crippen molar-refractivity contribution in [1.82, 2.24) is 20.1 Å². The van der Waals surface area contributed by atoms with Gasteiger partial charge in [0.1, 0.15) is 12.2 Å². The van der Waals surface area contributed by atoms with E-state index in [1.54, 1.807) is 6.33 Å². The van der Waals surface area contributed by atoms with Gasteiger partial charge in [0, 0.05) is 12.6 Å². The predicted molar refractivity (Wildman–Crippen MR) is 60.9 cm³/mol. The molecule has 0 saturated heterocycles. The Bertz CT molecular complexity index is 344. The molecule has 16 heavy (non-hydrogen) atoms. The van der Waals surface area contributed by atoms with E-state index in [2.05, 4.69) is 29.2 Å². The van der Waals surface area contributed by atoms with Crippen LogP contribution in [0.5, 0.6) is 0 Å². The van der Waals surface area contributed by atoms with Gasteiger partial charge < -0.3 is 10.4 Å². The highest BCUT2D eigenvalue weighted by atomic mass is 16.3. The third-order valence-corrected chi connectivity index (χ3v) is 3.16. The molecule has 5 heteroatoms. The maximum absolute atomic E-state index is 9.91. The topological polar surface area (TPSA) is 63.0 Å². The Morgan fingerprint density at radius 2 is 2.31 bits per heavy atom. The molecule has 0 spiro atoms. The number of rotatable bonds is 5. The minimum absolute atomic E-state index is 0.325. The summed E-state index contributed by atoms with van der Waals surface area (Å²) in [6.45, 7) is 5.48. The van der Waals surface area contributed by atoms with Gasteiger partial charge in [0.2, 0.25) is 0 Å². The van der Waals surface area contributed by atoms with Crippen molar-refractivity contribution in [2.75, 3.05) is 6.54 Å². The fourth-order valence-corrected chi connectivity index (χ4v) is 2.00. The van der Waals surface area contributed by atoms with Crippen LogP contribution < -0.4 is 5.32 Å². The van der Waals surface area contributed by atoms with Crippen LogP contribution in [0.2, 0.25) is 0 Å². The highest BCUT2D eigenvalue weighted by Crippen LogP contribution is 2.30. The quantitative estimate of drug-likeness (QED) is 0.779. The Hall–Kier alpha value is -0.940. The van der Waals surface area contributed by atoms with Gasteiger partial charge in [0.15, 0.2) is 0 Å². The Morgan fingerprint density at radius 3 is 2.88 bits per heavy atom. The summed E-state index contributed by atoms with van der Waals surface area (Å²) in [4.78, 5) is 4.21. The van der Waals surface area contributed by atoms with Gasteiger partial charge in [0.05, 0.1) is 12.1 Å². The molecule has 1 heterocycles. The second-order valence-electron chi connectivity index (χ2n) is 4.90. The lowest BCUT2D eigenvalue weighted by Crippen LogP contribution is -2.46. The average molecular weight is 224 g/mol. The maximum Gasteiger partial charge on any atom is 0.141 e. The Balaban J connectivity index is 1.82. The maximum atomic E-state index is 9.91. The van der Waals surface area contributed by atoms with Crippen LogP contribution in [-0.4, -0.2) is 32.0 Å². The summed E-state index contributed by atoms with van der Waals surface area (Å²) < 4.78 is 1.90. The van der Waals surface area contributed by atoms with Crippen molar-refractivity contribution in [2.24, 2.45) is 0 Å². The third-order valence-electron chi connectivity index (χ3n) is 3.16. The number of aromatic nitrogens is 3. The van der Waals surface area contributed by atoms with Gasteiger partial charge in [-0.3, -0.25) is 0 Å². The smallest absolute Gasteiger partial charge is 0.141 e. The van der Waals surface area contributed by atoms with Gasteiger partial charge >= 0.3 is 0 Å². The molecule has 0 aliphatic heterocycles. The molecule has 0 amide bonds. The SMILES string of the molecule is CC(C)n1ncnc1CNCC1(O)CCC1. The highest BCUT2D eigenvalue weighted by Gasteiger charge is 2.33. The fourth-order valence-electron chi connectivity index (χ4n) is 2.00. The molecule has 1 aliphatic rings. The Labute approximate surface area is 95.9 Å². The predicted octanol–water partition coefficient (Wildman–Crippen LogP) is 0.864. The number of hydrogen-bond acceptors (Lipinski definition) is 4. The van der Waals surface area contributed by atoms with Crippen molar-refractivity contribution in [2.45, 2.75) is 51.3 Å². The van der Waals surface area contributed by atoms with Crippen molar-refractivity contribution in [3.63, 3.8) is 0 Å². The van der Waals surface area contributed by atoms with Crippen LogP contribution in [0.25, 0.3) is 0 Å². The first-order chi connectivity index (χ1) is 7.61. The first-order valence-corrected chi connectivity index (χ1v) is 5.92. The zero-order chi connectivity index (χ0) is 11.6. The molecule has 1 saturated carbocycles. The molecule has 0 unspecified atom stereocenters. The van der Waals surface area contributed by atoms with E-state index in [1.165, 1.54) is 0 Å². The van der Waals surface area contributed by atoms with E-state index in [0.29, 0.717) is 19.1 Å². The molecule has 0 atom stereocenters. The monoisotopic (exact) mass is 224 g/mol. The molecule has 1 aromatic heterocycles. The fraction of sp³-hybridized carbons (Fsp3) is 0.818. The van der Waals surface area contributed by atoms with Gasteiger partial charge in [-0.15, -0.1) is 0 Å². The van der Waals surface area contributed by atoms with Crippen molar-refractivity contribution < 1.29 is 5.11 Å². The molecule has 0 aromatic carbocycles. The standard InChI is InChI=1S/C11H20N4O/c1-9(2)15-10(13-8-14-15)6-12-7-11(16)4-3-5-11/h8-9,12,16H,3-7H2,1-2H3.